The van der Waals surface area contributed by atoms with Crippen molar-refractivity contribution in [1.82, 2.24) is 9.55 Å². The lowest BCUT2D eigenvalue weighted by Gasteiger charge is -2.15. The number of benzene rings is 2. The third kappa shape index (κ3) is 1.91. The second kappa shape index (κ2) is 4.76. The highest BCUT2D eigenvalue weighted by Gasteiger charge is 2.14. The van der Waals surface area contributed by atoms with Crippen LogP contribution in [0.2, 0.25) is 0 Å². The minimum Gasteiger partial charge on any atom is -0.324 e. The summed E-state index contributed by atoms with van der Waals surface area (Å²) in [5.74, 6) is 0.904. The molecule has 1 heterocycles. The molecule has 0 atom stereocenters. The van der Waals surface area contributed by atoms with Crippen LogP contribution < -0.4 is 5.73 Å². The average Bonchev–Trinajstić information content (AvgIpc) is 2.76. The Labute approximate surface area is 119 Å². The quantitative estimate of drug-likeness (QED) is 0.771. The second-order valence-corrected chi connectivity index (χ2v) is 5.30. The molecule has 0 saturated carbocycles. The van der Waals surface area contributed by atoms with E-state index in [0.29, 0.717) is 6.54 Å². The summed E-state index contributed by atoms with van der Waals surface area (Å²) in [5, 5.41) is 0. The number of rotatable bonds is 2. The molecule has 0 aliphatic rings. The summed E-state index contributed by atoms with van der Waals surface area (Å²) >= 11 is 0. The van der Waals surface area contributed by atoms with Gasteiger partial charge in [0.05, 0.1) is 23.3 Å². The Kier molecular flexibility index (Phi) is 3.07. The first-order chi connectivity index (χ1) is 9.61. The van der Waals surface area contributed by atoms with Crippen molar-refractivity contribution < 1.29 is 0 Å². The van der Waals surface area contributed by atoms with Crippen molar-refractivity contribution in [2.75, 3.05) is 0 Å². The van der Waals surface area contributed by atoms with E-state index in [1.807, 2.05) is 18.2 Å². The Bertz CT molecular complexity index is 761. The highest BCUT2D eigenvalue weighted by molar-refractivity contribution is 5.79. The topological polar surface area (TPSA) is 43.8 Å². The fourth-order valence-electron chi connectivity index (χ4n) is 2.99. The molecule has 2 aromatic carbocycles. The molecular formula is C17H19N3. The van der Waals surface area contributed by atoms with Crippen LogP contribution >= 0.6 is 0 Å². The Morgan fingerprint density at radius 1 is 1.05 bits per heavy atom. The van der Waals surface area contributed by atoms with Crippen molar-refractivity contribution >= 4 is 11.0 Å². The van der Waals surface area contributed by atoms with Gasteiger partial charge in [-0.25, -0.2) is 4.98 Å². The van der Waals surface area contributed by atoms with Gasteiger partial charge in [0.25, 0.3) is 0 Å². The number of nitrogens with zero attached hydrogens (tertiary/aromatic N) is 2. The summed E-state index contributed by atoms with van der Waals surface area (Å²) in [4.78, 5) is 4.65. The minimum absolute atomic E-state index is 0.432. The van der Waals surface area contributed by atoms with Crippen molar-refractivity contribution in [2.45, 2.75) is 27.3 Å². The molecule has 0 fully saturated rings. The van der Waals surface area contributed by atoms with Gasteiger partial charge in [-0.05, 0) is 44.0 Å². The molecular weight excluding hydrogens is 246 g/mol. The molecule has 2 N–H and O–H groups in total. The fourth-order valence-corrected chi connectivity index (χ4v) is 2.99. The lowest BCUT2D eigenvalue weighted by Crippen LogP contribution is -2.09. The molecule has 0 saturated heterocycles. The number of aryl methyl sites for hydroxylation is 3. The highest BCUT2D eigenvalue weighted by atomic mass is 15.1. The molecule has 0 spiro atoms. The lowest BCUT2D eigenvalue weighted by molar-refractivity contribution is 0.873. The van der Waals surface area contributed by atoms with Gasteiger partial charge in [0.2, 0.25) is 0 Å². The Morgan fingerprint density at radius 2 is 1.70 bits per heavy atom. The van der Waals surface area contributed by atoms with E-state index < -0.39 is 0 Å². The van der Waals surface area contributed by atoms with E-state index in [9.17, 15) is 0 Å². The second-order valence-electron chi connectivity index (χ2n) is 5.30. The smallest absolute Gasteiger partial charge is 0.128 e. The Morgan fingerprint density at radius 3 is 2.35 bits per heavy atom. The fraction of sp³-hybridized carbons (Fsp3) is 0.235. The van der Waals surface area contributed by atoms with E-state index in [1.54, 1.807) is 0 Å². The number of para-hydroxylation sites is 2. The summed E-state index contributed by atoms with van der Waals surface area (Å²) in [6.07, 6.45) is 0. The summed E-state index contributed by atoms with van der Waals surface area (Å²) in [5.41, 5.74) is 13.0. The van der Waals surface area contributed by atoms with E-state index in [2.05, 4.69) is 48.5 Å². The predicted molar refractivity (Wildman–Crippen MR) is 83.2 cm³/mol. The molecule has 3 nitrogen and oxygen atoms in total. The molecule has 3 rings (SSSR count). The van der Waals surface area contributed by atoms with E-state index in [-0.39, 0.29) is 0 Å². The van der Waals surface area contributed by atoms with E-state index in [4.69, 9.17) is 5.73 Å². The Balaban J connectivity index is 2.40. The number of imidazole rings is 1. The zero-order valence-electron chi connectivity index (χ0n) is 12.1. The molecule has 0 radical (unpaired) electrons. The number of hydrogen-bond donors (Lipinski definition) is 1. The van der Waals surface area contributed by atoms with Crippen LogP contribution in [0.3, 0.4) is 0 Å². The van der Waals surface area contributed by atoms with Crippen LogP contribution in [0.15, 0.2) is 36.4 Å². The van der Waals surface area contributed by atoms with E-state index in [1.165, 1.54) is 22.4 Å². The first kappa shape index (κ1) is 12.9. The number of hydrogen-bond acceptors (Lipinski definition) is 2. The maximum absolute atomic E-state index is 5.90. The van der Waals surface area contributed by atoms with Gasteiger partial charge in [0.1, 0.15) is 5.82 Å². The molecule has 20 heavy (non-hydrogen) atoms. The zero-order valence-corrected chi connectivity index (χ0v) is 12.1. The lowest BCUT2D eigenvalue weighted by atomic mass is 10.0. The third-order valence-corrected chi connectivity index (χ3v) is 3.67. The van der Waals surface area contributed by atoms with Crippen molar-refractivity contribution in [2.24, 2.45) is 5.73 Å². The first-order valence-corrected chi connectivity index (χ1v) is 6.86. The molecule has 1 aromatic heterocycles. The largest absolute Gasteiger partial charge is 0.324 e. The normalized spacial score (nSPS) is 11.2. The van der Waals surface area contributed by atoms with Crippen molar-refractivity contribution in [3.63, 3.8) is 0 Å². The van der Waals surface area contributed by atoms with Crippen LogP contribution in [0.25, 0.3) is 16.7 Å². The standard InChI is InChI=1S/C17H19N3/c1-11-8-12(2)17(13(3)9-11)20-15-7-5-4-6-14(15)19-16(20)10-18/h4-9H,10,18H2,1-3H3. The zero-order chi connectivity index (χ0) is 14.3. The minimum atomic E-state index is 0.432. The summed E-state index contributed by atoms with van der Waals surface area (Å²) < 4.78 is 2.19. The summed E-state index contributed by atoms with van der Waals surface area (Å²) in [6, 6.07) is 12.6. The molecule has 3 heteroatoms. The van der Waals surface area contributed by atoms with Gasteiger partial charge in [0, 0.05) is 0 Å². The SMILES string of the molecule is Cc1cc(C)c(-n2c(CN)nc3ccccc32)c(C)c1. The summed E-state index contributed by atoms with van der Waals surface area (Å²) in [6.45, 7) is 6.84. The molecule has 102 valence electrons. The maximum atomic E-state index is 5.90. The summed E-state index contributed by atoms with van der Waals surface area (Å²) in [7, 11) is 0. The van der Waals surface area contributed by atoms with E-state index >= 15 is 0 Å². The molecule has 3 aromatic rings. The van der Waals surface area contributed by atoms with Crippen LogP contribution in [0.1, 0.15) is 22.5 Å². The van der Waals surface area contributed by atoms with Crippen molar-refractivity contribution in [3.8, 4) is 5.69 Å². The Hall–Kier alpha value is -2.13. The van der Waals surface area contributed by atoms with Crippen LogP contribution in [0, 0.1) is 20.8 Å². The van der Waals surface area contributed by atoms with Crippen LogP contribution in [0.4, 0.5) is 0 Å². The van der Waals surface area contributed by atoms with Crippen LogP contribution in [-0.2, 0) is 6.54 Å². The first-order valence-electron chi connectivity index (χ1n) is 6.86. The molecule has 0 aliphatic carbocycles. The van der Waals surface area contributed by atoms with E-state index in [0.717, 1.165) is 16.9 Å². The number of fused-ring (bicyclic) bond motifs is 1. The molecule has 0 amide bonds. The van der Waals surface area contributed by atoms with Gasteiger partial charge in [-0.3, -0.25) is 4.57 Å². The number of aromatic nitrogens is 2. The van der Waals surface area contributed by atoms with Gasteiger partial charge in [0.15, 0.2) is 0 Å². The number of nitrogens with two attached hydrogens (primary N) is 1. The van der Waals surface area contributed by atoms with Gasteiger partial charge >= 0.3 is 0 Å². The molecule has 0 unspecified atom stereocenters. The van der Waals surface area contributed by atoms with Crippen molar-refractivity contribution in [3.05, 3.63) is 58.9 Å². The predicted octanol–water partition coefficient (Wildman–Crippen LogP) is 3.41. The van der Waals surface area contributed by atoms with Crippen molar-refractivity contribution in [1.29, 1.82) is 0 Å². The van der Waals surface area contributed by atoms with Crippen LogP contribution in [0.5, 0.6) is 0 Å². The molecule has 0 aliphatic heterocycles. The van der Waals surface area contributed by atoms with Gasteiger partial charge in [-0.2, -0.15) is 0 Å². The van der Waals surface area contributed by atoms with Gasteiger partial charge in [-0.15, -0.1) is 0 Å². The monoisotopic (exact) mass is 265 g/mol. The van der Waals surface area contributed by atoms with Gasteiger partial charge in [-0.1, -0.05) is 29.8 Å². The molecule has 0 bridgehead atoms. The van der Waals surface area contributed by atoms with Gasteiger partial charge < -0.3 is 5.73 Å². The highest BCUT2D eigenvalue weighted by Crippen LogP contribution is 2.27. The maximum Gasteiger partial charge on any atom is 0.128 e. The average molecular weight is 265 g/mol. The van der Waals surface area contributed by atoms with Crippen LogP contribution in [-0.4, -0.2) is 9.55 Å². The third-order valence-electron chi connectivity index (χ3n) is 3.67.